The van der Waals surface area contributed by atoms with Crippen LogP contribution in [-0.2, 0) is 0 Å². The van der Waals surface area contributed by atoms with Crippen molar-refractivity contribution in [3.8, 4) is 89.7 Å². The summed E-state index contributed by atoms with van der Waals surface area (Å²) in [6.07, 6.45) is 1.78. The topological polar surface area (TPSA) is 50.9 Å². The molecule has 0 saturated heterocycles. The van der Waals surface area contributed by atoms with E-state index in [1.54, 1.807) is 18.3 Å². The largest absolute Gasteiger partial charge is 0.507 e. The fourth-order valence-corrected chi connectivity index (χ4v) is 9.02. The summed E-state index contributed by atoms with van der Waals surface area (Å²) in [5.41, 5.74) is 15.0. The number of phenols is 1. The molecule has 0 saturated carbocycles. The van der Waals surface area contributed by atoms with Crippen LogP contribution in [0, 0.1) is 13.7 Å². The van der Waals surface area contributed by atoms with Gasteiger partial charge < -0.3 is 5.11 Å². The van der Waals surface area contributed by atoms with Gasteiger partial charge in [0.2, 0.25) is 0 Å². The number of para-hydroxylation sites is 1. The number of rotatable bonds is 10. The summed E-state index contributed by atoms with van der Waals surface area (Å²) in [6, 6.07) is 61.1. The monoisotopic (exact) mass is 861 g/mol. The molecule has 0 radical (unpaired) electrons. The number of imidazole rings is 1. The molecule has 0 amide bonds. The number of hydrogen-bond donors (Lipinski definition) is 1. The van der Waals surface area contributed by atoms with Crippen LogP contribution in [0.15, 0.2) is 194 Å². The SMILES string of the molecule is [2H]C([2H])([2H])c1ccc(-c2ccnc(-c3cc(-c4ccccc4)cc(-c4cccc5c4nc(-c4cc(C(C)C)cc(C(C)C)c4O)n5-c4cc(-c5ccccc5)c(C([2H])([2H])[2H])cc4-c4ccccc4)c3)c2)cc1. The molecule has 322 valence electrons. The molecule has 0 bridgehead atoms. The maximum atomic E-state index is 12.5. The molecule has 0 spiro atoms. The third-order valence-electron chi connectivity index (χ3n) is 12.5. The highest BCUT2D eigenvalue weighted by Crippen LogP contribution is 2.45. The van der Waals surface area contributed by atoms with Gasteiger partial charge in [0.15, 0.2) is 0 Å². The van der Waals surface area contributed by atoms with Crippen LogP contribution in [0.4, 0.5) is 0 Å². The molecule has 66 heavy (non-hydrogen) atoms. The normalized spacial score (nSPS) is 13.2. The number of pyridine rings is 1. The van der Waals surface area contributed by atoms with E-state index in [0.29, 0.717) is 33.7 Å². The lowest BCUT2D eigenvalue weighted by molar-refractivity contribution is 0.466. The summed E-state index contributed by atoms with van der Waals surface area (Å²) in [6.45, 7) is 3.80. The van der Waals surface area contributed by atoms with Gasteiger partial charge in [0.1, 0.15) is 11.6 Å². The Kier molecular flexibility index (Phi) is 9.49. The summed E-state index contributed by atoms with van der Waals surface area (Å²) >= 11 is 0. The lowest BCUT2D eigenvalue weighted by atomic mass is 9.91. The number of nitrogens with zero attached hydrogens (tertiary/aromatic N) is 3. The van der Waals surface area contributed by atoms with E-state index in [4.69, 9.17) is 18.2 Å². The first kappa shape index (κ1) is 35.5. The summed E-state index contributed by atoms with van der Waals surface area (Å²) in [5.74, 6) is 0.788. The number of benzene rings is 8. The maximum Gasteiger partial charge on any atom is 0.149 e. The molecule has 2 aromatic heterocycles. The minimum atomic E-state index is -2.45. The summed E-state index contributed by atoms with van der Waals surface area (Å²) in [5, 5.41) is 12.5. The first-order chi connectivity index (χ1) is 34.5. The van der Waals surface area contributed by atoms with E-state index in [2.05, 4.69) is 74.7 Å². The minimum absolute atomic E-state index is 0.00113. The van der Waals surface area contributed by atoms with Crippen molar-refractivity contribution in [3.63, 3.8) is 0 Å². The zero-order valence-electron chi connectivity index (χ0n) is 43.4. The Balaban J connectivity index is 1.28. The van der Waals surface area contributed by atoms with Gasteiger partial charge in [-0.1, -0.05) is 167 Å². The van der Waals surface area contributed by atoms with Crippen molar-refractivity contribution in [1.29, 1.82) is 0 Å². The van der Waals surface area contributed by atoms with Gasteiger partial charge in [0.05, 0.1) is 28.0 Å². The van der Waals surface area contributed by atoms with E-state index in [-0.39, 0.29) is 28.7 Å². The lowest BCUT2D eigenvalue weighted by Crippen LogP contribution is -2.04. The van der Waals surface area contributed by atoms with E-state index in [1.165, 1.54) is 0 Å². The van der Waals surface area contributed by atoms with Gasteiger partial charge in [-0.2, -0.15) is 0 Å². The molecule has 2 heterocycles. The predicted molar refractivity (Wildman–Crippen MR) is 276 cm³/mol. The van der Waals surface area contributed by atoms with Crippen LogP contribution >= 0.6 is 0 Å². The van der Waals surface area contributed by atoms with Crippen LogP contribution in [-0.4, -0.2) is 19.6 Å². The van der Waals surface area contributed by atoms with Crippen molar-refractivity contribution < 1.29 is 13.3 Å². The average Bonchev–Trinajstić information content (AvgIpc) is 3.78. The Morgan fingerprint density at radius 1 is 0.485 bits per heavy atom. The molecule has 0 unspecified atom stereocenters. The minimum Gasteiger partial charge on any atom is -0.507 e. The van der Waals surface area contributed by atoms with Crippen LogP contribution in [0.3, 0.4) is 0 Å². The number of phenolic OH excluding ortho intramolecular Hbond substituents is 1. The second-order valence-corrected chi connectivity index (χ2v) is 17.6. The zero-order valence-corrected chi connectivity index (χ0v) is 37.4. The van der Waals surface area contributed by atoms with Crippen molar-refractivity contribution >= 4 is 11.0 Å². The molecule has 0 fully saturated rings. The van der Waals surface area contributed by atoms with Crippen molar-refractivity contribution in [3.05, 3.63) is 217 Å². The zero-order chi connectivity index (χ0) is 50.5. The van der Waals surface area contributed by atoms with Gasteiger partial charge in [-0.15, -0.1) is 0 Å². The van der Waals surface area contributed by atoms with E-state index in [1.807, 2.05) is 133 Å². The molecule has 0 aliphatic rings. The fraction of sp³-hybridized carbons (Fsp3) is 0.129. The Hall–Kier alpha value is -7.82. The number of hydrogen-bond acceptors (Lipinski definition) is 3. The smallest absolute Gasteiger partial charge is 0.149 e. The van der Waals surface area contributed by atoms with Crippen molar-refractivity contribution in [2.24, 2.45) is 0 Å². The van der Waals surface area contributed by atoms with Crippen molar-refractivity contribution in [2.75, 3.05) is 0 Å². The Morgan fingerprint density at radius 3 is 1.80 bits per heavy atom. The molecule has 8 aromatic carbocycles. The molecule has 1 N–H and O–H groups in total. The van der Waals surface area contributed by atoms with Gasteiger partial charge in [-0.3, -0.25) is 9.55 Å². The van der Waals surface area contributed by atoms with E-state index >= 15 is 0 Å². The molecule has 4 nitrogen and oxygen atoms in total. The Labute approximate surface area is 397 Å². The standard InChI is InChI=1S/C62H53N3O/c1-39(2)48-35-53(40(3)4)61(66)56(36-48)62-64-60-52(23-16-24-58(60)65(62)59-38-54(45-19-12-8-13-20-45)42(6)31-55(59)46-21-14-9-15-22-46)50-32-49(43-17-10-7-11-18-43)33-51(34-50)57-37-47(29-30-63-57)44-27-25-41(5)26-28-44/h7-40,66H,1-6H3/i5D3,6D3. The molecule has 10 aromatic rings. The number of aromatic hydroxyl groups is 1. The Morgan fingerprint density at radius 2 is 1.14 bits per heavy atom. The van der Waals surface area contributed by atoms with Crippen LogP contribution in [0.25, 0.3) is 95.0 Å². The quantitative estimate of drug-likeness (QED) is 0.149. The molecule has 0 atom stereocenters. The summed E-state index contributed by atoms with van der Waals surface area (Å²) in [4.78, 5) is 10.5. The predicted octanol–water partition coefficient (Wildman–Crippen LogP) is 16.7. The van der Waals surface area contributed by atoms with E-state index in [0.717, 1.165) is 72.4 Å². The third-order valence-corrected chi connectivity index (χ3v) is 12.5. The van der Waals surface area contributed by atoms with E-state index < -0.39 is 13.7 Å². The Bertz CT molecular complexity index is 3600. The molecule has 10 rings (SSSR count). The molecule has 0 aliphatic carbocycles. The van der Waals surface area contributed by atoms with E-state index in [9.17, 15) is 5.11 Å². The molecular weight excluding hydrogens is 803 g/mol. The van der Waals surface area contributed by atoms with Crippen LogP contribution in [0.1, 0.15) is 70.0 Å². The van der Waals surface area contributed by atoms with Gasteiger partial charge in [0.25, 0.3) is 0 Å². The lowest BCUT2D eigenvalue weighted by Gasteiger charge is -2.21. The summed E-state index contributed by atoms with van der Waals surface area (Å²) in [7, 11) is 0. The summed E-state index contributed by atoms with van der Waals surface area (Å²) < 4.78 is 52.3. The van der Waals surface area contributed by atoms with Gasteiger partial charge in [-0.25, -0.2) is 4.98 Å². The van der Waals surface area contributed by atoms with Crippen molar-refractivity contribution in [1.82, 2.24) is 14.5 Å². The van der Waals surface area contributed by atoms with Crippen LogP contribution < -0.4 is 0 Å². The number of aromatic nitrogens is 3. The van der Waals surface area contributed by atoms with Gasteiger partial charge >= 0.3 is 0 Å². The van der Waals surface area contributed by atoms with Gasteiger partial charge in [0, 0.05) is 31.1 Å². The average molecular weight is 862 g/mol. The number of fused-ring (bicyclic) bond motifs is 1. The molecule has 0 aliphatic heterocycles. The van der Waals surface area contributed by atoms with Gasteiger partial charge in [-0.05, 0) is 141 Å². The first-order valence-electron chi connectivity index (χ1n) is 25.5. The second-order valence-electron chi connectivity index (χ2n) is 17.6. The maximum absolute atomic E-state index is 12.5. The fourth-order valence-electron chi connectivity index (χ4n) is 9.02. The van der Waals surface area contributed by atoms with Crippen LogP contribution in [0.2, 0.25) is 0 Å². The van der Waals surface area contributed by atoms with Crippen LogP contribution in [0.5, 0.6) is 5.75 Å². The third kappa shape index (κ3) is 8.01. The number of aryl methyl sites for hydroxylation is 2. The highest BCUT2D eigenvalue weighted by molar-refractivity contribution is 5.99. The molecule has 4 heteroatoms. The second kappa shape index (κ2) is 17.6. The van der Waals surface area contributed by atoms with Crippen molar-refractivity contribution in [2.45, 2.75) is 53.2 Å². The highest BCUT2D eigenvalue weighted by atomic mass is 16.3. The molecular formula is C62H53N3O. The highest BCUT2D eigenvalue weighted by Gasteiger charge is 2.26. The first-order valence-corrected chi connectivity index (χ1v) is 22.5.